The molecule has 2 aromatic carbocycles. The van der Waals surface area contributed by atoms with E-state index < -0.39 is 28.1 Å². The van der Waals surface area contributed by atoms with Crippen LogP contribution in [0.25, 0.3) is 17.1 Å². The minimum absolute atomic E-state index is 0.136. The van der Waals surface area contributed by atoms with Crippen LogP contribution in [0.5, 0.6) is 0 Å². The normalized spacial score (nSPS) is 12.7. The number of non-ortho nitro benzene ring substituents is 1. The maximum Gasteiger partial charge on any atom is 0.278 e. The number of aromatic nitrogens is 2. The Hall–Kier alpha value is -3.65. The minimum Gasteiger partial charge on any atom is -0.380 e. The molecule has 0 aliphatic rings. The Morgan fingerprint density at radius 3 is 2.63 bits per heavy atom. The molecule has 1 aromatic heterocycles. The van der Waals surface area contributed by atoms with Crippen molar-refractivity contribution in [3.63, 3.8) is 0 Å². The average Bonchev–Trinajstić information content (AvgIpc) is 2.66. The van der Waals surface area contributed by atoms with Gasteiger partial charge < -0.3 is 10.1 Å². The van der Waals surface area contributed by atoms with Crippen molar-refractivity contribution < 1.29 is 14.8 Å². The van der Waals surface area contributed by atoms with Crippen molar-refractivity contribution in [2.75, 3.05) is 0 Å². The van der Waals surface area contributed by atoms with E-state index in [1.807, 2.05) is 30.3 Å². The topological polar surface area (TPSA) is 126 Å². The standard InChI is InChI=1S/C19H15N3O5/c1-11(9-12-5-3-2-4-6-12)17(23)18(24)16-19(25)21-15-10-13(22(26)27)7-8-14(15)20-16/h2-10,17,23H,1H3,(H,21,25)/b11-9-/t17-/m0/s1. The Labute approximate surface area is 153 Å². The van der Waals surface area contributed by atoms with Gasteiger partial charge in [-0.15, -0.1) is 0 Å². The minimum atomic E-state index is -1.53. The Bertz CT molecular complexity index is 1120. The van der Waals surface area contributed by atoms with Crippen LogP contribution in [-0.4, -0.2) is 31.9 Å². The summed E-state index contributed by atoms with van der Waals surface area (Å²) in [5.74, 6) is -0.846. The van der Waals surface area contributed by atoms with E-state index in [4.69, 9.17) is 0 Å². The molecule has 2 N–H and O–H groups in total. The molecule has 0 fully saturated rings. The van der Waals surface area contributed by atoms with Crippen LogP contribution in [0.2, 0.25) is 0 Å². The number of H-pyrrole nitrogens is 1. The van der Waals surface area contributed by atoms with Gasteiger partial charge in [-0.3, -0.25) is 19.7 Å². The van der Waals surface area contributed by atoms with Crippen LogP contribution in [0.15, 0.2) is 58.9 Å². The number of aliphatic hydroxyl groups is 1. The van der Waals surface area contributed by atoms with E-state index in [1.54, 1.807) is 13.0 Å². The molecular weight excluding hydrogens is 350 g/mol. The third kappa shape index (κ3) is 3.80. The maximum absolute atomic E-state index is 12.5. The number of rotatable bonds is 5. The molecule has 0 saturated carbocycles. The average molecular weight is 365 g/mol. The lowest BCUT2D eigenvalue weighted by atomic mass is 10.0. The first-order valence-corrected chi connectivity index (χ1v) is 8.01. The molecule has 8 heteroatoms. The number of benzene rings is 2. The van der Waals surface area contributed by atoms with E-state index in [0.29, 0.717) is 5.57 Å². The molecule has 0 saturated heterocycles. The maximum atomic E-state index is 12.5. The van der Waals surface area contributed by atoms with E-state index in [0.717, 1.165) is 11.6 Å². The molecule has 0 aliphatic carbocycles. The second kappa shape index (κ2) is 7.30. The van der Waals surface area contributed by atoms with Gasteiger partial charge in [-0.1, -0.05) is 36.4 Å². The molecule has 0 bridgehead atoms. The zero-order valence-electron chi connectivity index (χ0n) is 14.2. The molecule has 0 radical (unpaired) electrons. The number of nitro benzene ring substituents is 1. The largest absolute Gasteiger partial charge is 0.380 e. The Balaban J connectivity index is 1.96. The van der Waals surface area contributed by atoms with Crippen molar-refractivity contribution >= 4 is 28.6 Å². The lowest BCUT2D eigenvalue weighted by Gasteiger charge is -2.10. The van der Waals surface area contributed by atoms with E-state index in [1.165, 1.54) is 12.1 Å². The molecule has 0 unspecified atom stereocenters. The monoisotopic (exact) mass is 365 g/mol. The Morgan fingerprint density at radius 2 is 1.96 bits per heavy atom. The quantitative estimate of drug-likeness (QED) is 0.406. The highest BCUT2D eigenvalue weighted by Gasteiger charge is 2.24. The van der Waals surface area contributed by atoms with Crippen molar-refractivity contribution in [3.05, 3.63) is 85.8 Å². The third-order valence-electron chi connectivity index (χ3n) is 3.99. The van der Waals surface area contributed by atoms with Gasteiger partial charge >= 0.3 is 0 Å². The molecule has 136 valence electrons. The molecule has 0 spiro atoms. The summed E-state index contributed by atoms with van der Waals surface area (Å²) in [6.07, 6.45) is 0.107. The summed E-state index contributed by atoms with van der Waals surface area (Å²) in [4.78, 5) is 41.3. The zero-order chi connectivity index (χ0) is 19.6. The molecule has 3 aromatic rings. The van der Waals surface area contributed by atoms with Crippen LogP contribution in [-0.2, 0) is 0 Å². The highest BCUT2D eigenvalue weighted by molar-refractivity contribution is 6.01. The summed E-state index contributed by atoms with van der Waals surface area (Å²) in [5, 5.41) is 21.1. The smallest absolute Gasteiger partial charge is 0.278 e. The Morgan fingerprint density at radius 1 is 1.26 bits per heavy atom. The van der Waals surface area contributed by atoms with Gasteiger partial charge in [0.15, 0.2) is 5.69 Å². The molecule has 0 amide bonds. The van der Waals surface area contributed by atoms with Gasteiger partial charge in [0.05, 0.1) is 16.0 Å². The summed E-state index contributed by atoms with van der Waals surface area (Å²) >= 11 is 0. The number of hydrogen-bond acceptors (Lipinski definition) is 6. The molecule has 0 aliphatic heterocycles. The van der Waals surface area contributed by atoms with Gasteiger partial charge in [-0.25, -0.2) is 4.98 Å². The van der Waals surface area contributed by atoms with Crippen molar-refractivity contribution in [1.82, 2.24) is 9.97 Å². The van der Waals surface area contributed by atoms with Crippen molar-refractivity contribution in [3.8, 4) is 0 Å². The van der Waals surface area contributed by atoms with E-state index in [2.05, 4.69) is 9.97 Å². The lowest BCUT2D eigenvalue weighted by Crippen LogP contribution is -2.29. The number of ketones is 1. The first-order chi connectivity index (χ1) is 12.9. The number of nitrogens with zero attached hydrogens (tertiary/aromatic N) is 2. The number of aliphatic hydroxyl groups excluding tert-OH is 1. The highest BCUT2D eigenvalue weighted by Crippen LogP contribution is 2.18. The summed E-state index contributed by atoms with van der Waals surface area (Å²) in [5.41, 5.74) is 0.0212. The van der Waals surface area contributed by atoms with Gasteiger partial charge in [0.1, 0.15) is 6.10 Å². The fourth-order valence-corrected chi connectivity index (χ4v) is 2.58. The number of hydrogen-bond donors (Lipinski definition) is 2. The van der Waals surface area contributed by atoms with Gasteiger partial charge in [-0.05, 0) is 24.1 Å². The number of nitrogens with one attached hydrogen (secondary N) is 1. The molecular formula is C19H15N3O5. The Kier molecular flexibility index (Phi) is 4.91. The van der Waals surface area contributed by atoms with Crippen LogP contribution >= 0.6 is 0 Å². The van der Waals surface area contributed by atoms with Crippen LogP contribution in [0.3, 0.4) is 0 Å². The van der Waals surface area contributed by atoms with Crippen LogP contribution in [0, 0.1) is 10.1 Å². The predicted octanol–water partition coefficient (Wildman–Crippen LogP) is 2.48. The summed E-state index contributed by atoms with van der Waals surface area (Å²) in [7, 11) is 0. The SMILES string of the molecule is C/C(=C/c1ccccc1)[C@H](O)C(=O)c1nc2ccc([N+](=O)[O-])cc2[nH]c1=O. The van der Waals surface area contributed by atoms with E-state index in [9.17, 15) is 24.8 Å². The van der Waals surface area contributed by atoms with E-state index in [-0.39, 0.29) is 16.7 Å². The first-order valence-electron chi connectivity index (χ1n) is 8.01. The van der Waals surface area contributed by atoms with Gasteiger partial charge in [-0.2, -0.15) is 0 Å². The van der Waals surface area contributed by atoms with Crippen LogP contribution in [0.4, 0.5) is 5.69 Å². The summed E-state index contributed by atoms with van der Waals surface area (Å²) < 4.78 is 0. The van der Waals surface area contributed by atoms with Crippen LogP contribution in [0.1, 0.15) is 23.0 Å². The van der Waals surface area contributed by atoms with Gasteiger partial charge in [0.25, 0.3) is 11.2 Å². The lowest BCUT2D eigenvalue weighted by molar-refractivity contribution is -0.384. The fourth-order valence-electron chi connectivity index (χ4n) is 2.58. The van der Waals surface area contributed by atoms with Crippen molar-refractivity contribution in [2.24, 2.45) is 0 Å². The first kappa shape index (κ1) is 18.2. The van der Waals surface area contributed by atoms with Crippen molar-refractivity contribution in [1.29, 1.82) is 0 Å². The third-order valence-corrected chi connectivity index (χ3v) is 3.99. The second-order valence-electron chi connectivity index (χ2n) is 5.94. The molecule has 27 heavy (non-hydrogen) atoms. The molecule has 1 atom stereocenters. The number of carbonyl (C=O) groups excluding carboxylic acids is 1. The molecule has 1 heterocycles. The number of nitro groups is 1. The van der Waals surface area contributed by atoms with Gasteiger partial charge in [0, 0.05) is 12.1 Å². The number of Topliss-reactive ketones (excluding diaryl/α,β-unsaturated/α-hetero) is 1. The number of carbonyl (C=O) groups is 1. The van der Waals surface area contributed by atoms with E-state index >= 15 is 0 Å². The second-order valence-corrected chi connectivity index (χ2v) is 5.94. The highest BCUT2D eigenvalue weighted by atomic mass is 16.6. The van der Waals surface area contributed by atoms with Gasteiger partial charge in [0.2, 0.25) is 5.78 Å². The fraction of sp³-hybridized carbons (Fsp3) is 0.105. The molecule has 3 rings (SSSR count). The summed E-state index contributed by atoms with van der Waals surface area (Å²) in [6.45, 7) is 1.58. The molecule has 8 nitrogen and oxygen atoms in total. The zero-order valence-corrected chi connectivity index (χ0v) is 14.2. The predicted molar refractivity (Wildman–Crippen MR) is 99.4 cm³/mol. The number of fused-ring (bicyclic) bond motifs is 1. The number of aromatic amines is 1. The summed E-state index contributed by atoms with van der Waals surface area (Å²) in [6, 6.07) is 12.8. The van der Waals surface area contributed by atoms with Crippen molar-refractivity contribution in [2.45, 2.75) is 13.0 Å². The van der Waals surface area contributed by atoms with Crippen LogP contribution < -0.4 is 5.56 Å².